The second-order valence-electron chi connectivity index (χ2n) is 9.00. The van der Waals surface area contributed by atoms with E-state index in [2.05, 4.69) is 20.3 Å². The lowest BCUT2D eigenvalue weighted by Gasteiger charge is -2.28. The Labute approximate surface area is 236 Å². The van der Waals surface area contributed by atoms with Crippen molar-refractivity contribution in [3.63, 3.8) is 0 Å². The van der Waals surface area contributed by atoms with Gasteiger partial charge in [0.2, 0.25) is 0 Å². The maximum Gasteiger partial charge on any atom is 0.407 e. The Bertz CT molecular complexity index is 1630. The van der Waals surface area contributed by atoms with Gasteiger partial charge in [0.25, 0.3) is 0 Å². The van der Waals surface area contributed by atoms with Crippen LogP contribution in [0.4, 0.5) is 15.7 Å². The van der Waals surface area contributed by atoms with Crippen LogP contribution < -0.4 is 10.1 Å². The van der Waals surface area contributed by atoms with Crippen molar-refractivity contribution in [2.24, 2.45) is 0 Å². The van der Waals surface area contributed by atoms with E-state index < -0.39 is 6.09 Å². The second-order valence-corrected chi connectivity index (χ2v) is 11.9. The average molecular weight is 577 g/mol. The number of ether oxygens (including phenoxy) is 1. The van der Waals surface area contributed by atoms with Crippen LogP contribution in [0, 0.1) is 6.92 Å². The molecule has 0 aromatic carbocycles. The number of nitrogens with one attached hydrogen (secondary N) is 1. The molecule has 0 saturated carbocycles. The average Bonchev–Trinajstić information content (AvgIpc) is 3.62. The van der Waals surface area contributed by atoms with Gasteiger partial charge in [0.15, 0.2) is 5.13 Å². The zero-order valence-electron chi connectivity index (χ0n) is 20.9. The van der Waals surface area contributed by atoms with Gasteiger partial charge in [-0.05, 0) is 49.4 Å². The van der Waals surface area contributed by atoms with Crippen molar-refractivity contribution in [1.82, 2.24) is 24.8 Å². The summed E-state index contributed by atoms with van der Waals surface area (Å²) in [5.41, 5.74) is 2.75. The molecule has 12 heteroatoms. The van der Waals surface area contributed by atoms with E-state index >= 15 is 0 Å². The largest absolute Gasteiger partial charge is 0.465 e. The highest BCUT2D eigenvalue weighted by molar-refractivity contribution is 7.99. The number of aryl methyl sites for hydroxylation is 1. The molecule has 0 atom stereocenters. The molecule has 0 unspecified atom stereocenters. The molecule has 9 nitrogen and oxygen atoms in total. The predicted octanol–water partition coefficient (Wildman–Crippen LogP) is 7.40. The molecule has 1 aliphatic heterocycles. The Morgan fingerprint density at radius 1 is 1.10 bits per heavy atom. The van der Waals surface area contributed by atoms with Gasteiger partial charge in [-0.2, -0.15) is 0 Å². The summed E-state index contributed by atoms with van der Waals surface area (Å²) in [5, 5.41) is 17.4. The van der Waals surface area contributed by atoms with Gasteiger partial charge in [-0.15, -0.1) is 22.7 Å². The van der Waals surface area contributed by atoms with Crippen molar-refractivity contribution in [1.29, 1.82) is 0 Å². The molecule has 0 aliphatic carbocycles. The summed E-state index contributed by atoms with van der Waals surface area (Å²) in [5.74, 6) is 2.21. The van der Waals surface area contributed by atoms with Crippen molar-refractivity contribution in [2.75, 3.05) is 18.4 Å². The number of nitrogens with zero attached hydrogens (tertiary/aromatic N) is 5. The Balaban J connectivity index is 1.25. The van der Waals surface area contributed by atoms with E-state index in [0.29, 0.717) is 30.4 Å². The maximum atomic E-state index is 11.2. The highest BCUT2D eigenvalue weighted by Gasteiger charge is 2.25. The molecule has 1 fully saturated rings. The standard InChI is InChI=1S/C27H24N6O3S3/c1-16-20(3-2-8-28-16)36-21-13-24(30-14-23(21)39-22-4-9-29-18-7-12-37-25(18)22)32-26-31-19(15-38-26)17-5-10-33(11-6-17)27(34)35/h2-4,7-9,12-15,17H,5-6,10-11H2,1H3,(H,34,35)(H,30,31,32). The summed E-state index contributed by atoms with van der Waals surface area (Å²) in [6.45, 7) is 2.98. The molecule has 2 N–H and O–H groups in total. The van der Waals surface area contributed by atoms with Crippen molar-refractivity contribution >= 4 is 61.7 Å². The lowest BCUT2D eigenvalue weighted by atomic mass is 9.94. The fourth-order valence-corrected chi connectivity index (χ4v) is 7.10. The molecule has 39 heavy (non-hydrogen) atoms. The number of thiazole rings is 1. The summed E-state index contributed by atoms with van der Waals surface area (Å²) in [7, 11) is 0. The van der Waals surface area contributed by atoms with Gasteiger partial charge in [0.1, 0.15) is 17.3 Å². The summed E-state index contributed by atoms with van der Waals surface area (Å²) in [4.78, 5) is 32.9. The smallest absolute Gasteiger partial charge is 0.407 e. The first kappa shape index (κ1) is 25.5. The molecule has 1 saturated heterocycles. The lowest BCUT2D eigenvalue weighted by Crippen LogP contribution is -2.36. The minimum atomic E-state index is -0.856. The van der Waals surface area contributed by atoms with Crippen LogP contribution in [0.1, 0.15) is 30.1 Å². The molecule has 6 heterocycles. The molecule has 0 spiro atoms. The first-order chi connectivity index (χ1) is 19.0. The molecule has 0 radical (unpaired) electrons. The minimum Gasteiger partial charge on any atom is -0.465 e. The van der Waals surface area contributed by atoms with Gasteiger partial charge in [0.05, 0.1) is 26.5 Å². The molecule has 198 valence electrons. The Morgan fingerprint density at radius 3 is 2.79 bits per heavy atom. The number of aromatic nitrogens is 4. The fourth-order valence-electron chi connectivity index (χ4n) is 4.40. The van der Waals surface area contributed by atoms with Crippen LogP contribution in [0.15, 0.2) is 69.5 Å². The zero-order valence-corrected chi connectivity index (χ0v) is 23.4. The summed E-state index contributed by atoms with van der Waals surface area (Å²) >= 11 is 4.76. The Kier molecular flexibility index (Phi) is 7.31. The van der Waals surface area contributed by atoms with Crippen LogP contribution in [0.25, 0.3) is 10.2 Å². The van der Waals surface area contributed by atoms with E-state index in [1.807, 2.05) is 60.4 Å². The number of carbonyl (C=O) groups is 1. The number of hydrogen-bond donors (Lipinski definition) is 2. The number of carboxylic acid groups (broad SMARTS) is 1. The van der Waals surface area contributed by atoms with E-state index in [9.17, 15) is 9.90 Å². The van der Waals surface area contributed by atoms with Crippen LogP contribution in [0.2, 0.25) is 0 Å². The van der Waals surface area contributed by atoms with E-state index in [-0.39, 0.29) is 5.92 Å². The molecule has 1 aliphatic rings. The summed E-state index contributed by atoms with van der Waals surface area (Å²) in [6, 6.07) is 9.66. The van der Waals surface area contributed by atoms with Crippen molar-refractivity contribution in [3.8, 4) is 11.5 Å². The van der Waals surface area contributed by atoms with Gasteiger partial charge in [0, 0.05) is 53.9 Å². The van der Waals surface area contributed by atoms with Crippen LogP contribution >= 0.6 is 34.4 Å². The number of thiophene rings is 1. The Morgan fingerprint density at radius 2 is 1.97 bits per heavy atom. The SMILES string of the molecule is Cc1ncccc1Oc1cc(Nc2nc(C3CCN(C(=O)O)CC3)cs2)ncc1Sc1ccnc2ccsc12. The number of rotatable bonds is 7. The second kappa shape index (κ2) is 11.2. The first-order valence-corrected chi connectivity index (χ1v) is 14.9. The van der Waals surface area contributed by atoms with Gasteiger partial charge in [-0.25, -0.2) is 14.8 Å². The summed E-state index contributed by atoms with van der Waals surface area (Å²) < 4.78 is 7.49. The molecule has 1 amide bonds. The number of hydrogen-bond acceptors (Lipinski definition) is 10. The maximum absolute atomic E-state index is 11.2. The number of anilines is 2. The monoisotopic (exact) mass is 576 g/mol. The van der Waals surface area contributed by atoms with Crippen molar-refractivity contribution < 1.29 is 14.6 Å². The van der Waals surface area contributed by atoms with Crippen LogP contribution in [0.3, 0.4) is 0 Å². The third-order valence-corrected chi connectivity index (χ3v) is 9.41. The van der Waals surface area contributed by atoms with Crippen molar-refractivity contribution in [3.05, 3.63) is 71.1 Å². The van der Waals surface area contributed by atoms with Crippen LogP contribution in [-0.4, -0.2) is 49.1 Å². The van der Waals surface area contributed by atoms with Gasteiger partial charge >= 0.3 is 6.09 Å². The lowest BCUT2D eigenvalue weighted by molar-refractivity contribution is 0.132. The topological polar surface area (TPSA) is 113 Å². The highest BCUT2D eigenvalue weighted by atomic mass is 32.2. The number of likely N-dealkylation sites (tertiary alicyclic amines) is 1. The normalized spacial score (nSPS) is 14.0. The molecule has 0 bridgehead atoms. The van der Waals surface area contributed by atoms with E-state index in [1.54, 1.807) is 29.3 Å². The van der Waals surface area contributed by atoms with Crippen molar-refractivity contribution in [2.45, 2.75) is 35.5 Å². The molecule has 5 aromatic rings. The molecule has 6 rings (SSSR count). The van der Waals surface area contributed by atoms with E-state index in [4.69, 9.17) is 9.72 Å². The number of piperidine rings is 1. The number of amides is 1. The quantitative estimate of drug-likeness (QED) is 0.205. The van der Waals surface area contributed by atoms with Crippen LogP contribution in [0.5, 0.6) is 11.5 Å². The van der Waals surface area contributed by atoms with Gasteiger partial charge in [-0.1, -0.05) is 11.8 Å². The predicted molar refractivity (Wildman–Crippen MR) is 154 cm³/mol. The fraction of sp³-hybridized carbons (Fsp3) is 0.222. The molecular weight excluding hydrogens is 553 g/mol. The van der Waals surface area contributed by atoms with Crippen LogP contribution in [-0.2, 0) is 0 Å². The van der Waals surface area contributed by atoms with E-state index in [0.717, 1.165) is 49.4 Å². The zero-order chi connectivity index (χ0) is 26.8. The number of fused-ring (bicyclic) bond motifs is 1. The third kappa shape index (κ3) is 5.68. The number of pyridine rings is 3. The van der Waals surface area contributed by atoms with Gasteiger partial charge < -0.3 is 20.1 Å². The van der Waals surface area contributed by atoms with Gasteiger partial charge in [-0.3, -0.25) is 9.97 Å². The molecule has 5 aromatic heterocycles. The Hall–Kier alpha value is -3.74. The van der Waals surface area contributed by atoms with E-state index in [1.165, 1.54) is 16.2 Å². The third-order valence-electron chi connectivity index (χ3n) is 6.48. The molecular formula is C27H24N6O3S3. The first-order valence-electron chi connectivity index (χ1n) is 12.3. The summed E-state index contributed by atoms with van der Waals surface area (Å²) in [6.07, 6.45) is 6.06. The highest BCUT2D eigenvalue weighted by Crippen LogP contribution is 2.42. The minimum absolute atomic E-state index is 0.251.